The van der Waals surface area contributed by atoms with E-state index in [4.69, 9.17) is 4.74 Å². The number of benzene rings is 1. The summed E-state index contributed by atoms with van der Waals surface area (Å²) < 4.78 is 5.21. The van der Waals surface area contributed by atoms with Gasteiger partial charge in [-0.3, -0.25) is 9.59 Å². The fourth-order valence-electron chi connectivity index (χ4n) is 1.65. The van der Waals surface area contributed by atoms with E-state index in [-0.39, 0.29) is 17.7 Å². The topological polar surface area (TPSA) is 67.4 Å². The average molecular weight is 292 g/mol. The predicted octanol–water partition coefficient (Wildman–Crippen LogP) is 2.44. The third-order valence-electron chi connectivity index (χ3n) is 2.87. The van der Waals surface area contributed by atoms with Crippen molar-refractivity contribution < 1.29 is 14.3 Å². The van der Waals surface area contributed by atoms with Crippen molar-refractivity contribution in [3.63, 3.8) is 0 Å². The first-order chi connectivity index (χ1) is 10.0. The third kappa shape index (κ3) is 6.40. The highest BCUT2D eigenvalue weighted by Gasteiger charge is 2.09. The number of amides is 2. The molecule has 1 aromatic carbocycles. The Labute approximate surface area is 126 Å². The van der Waals surface area contributed by atoms with Crippen LogP contribution >= 0.6 is 0 Å². The molecule has 0 bridgehead atoms. The molecule has 2 N–H and O–H groups in total. The molecule has 116 valence electrons. The van der Waals surface area contributed by atoms with Crippen LogP contribution in [0.4, 0.5) is 5.69 Å². The smallest absolute Gasteiger partial charge is 0.251 e. The second-order valence-electron chi connectivity index (χ2n) is 5.03. The van der Waals surface area contributed by atoms with E-state index in [9.17, 15) is 9.59 Å². The summed E-state index contributed by atoms with van der Waals surface area (Å²) in [5, 5.41) is 5.61. The summed E-state index contributed by atoms with van der Waals surface area (Å²) in [4.78, 5) is 23.6. The van der Waals surface area contributed by atoms with Crippen molar-refractivity contribution in [3.8, 4) is 0 Å². The van der Waals surface area contributed by atoms with Gasteiger partial charge in [0.25, 0.3) is 5.91 Å². The fraction of sp³-hybridized carbons (Fsp3) is 0.500. The van der Waals surface area contributed by atoms with Crippen molar-refractivity contribution in [2.45, 2.75) is 27.2 Å². The normalized spacial score (nSPS) is 10.5. The van der Waals surface area contributed by atoms with E-state index in [0.29, 0.717) is 31.0 Å². The molecule has 0 saturated heterocycles. The quantitative estimate of drug-likeness (QED) is 0.723. The molecule has 0 aromatic heterocycles. The fourth-order valence-corrected chi connectivity index (χ4v) is 1.65. The zero-order chi connectivity index (χ0) is 15.7. The molecule has 0 heterocycles. The van der Waals surface area contributed by atoms with E-state index in [2.05, 4.69) is 10.6 Å². The van der Waals surface area contributed by atoms with Crippen molar-refractivity contribution in [1.82, 2.24) is 5.32 Å². The van der Waals surface area contributed by atoms with Crippen molar-refractivity contribution >= 4 is 17.5 Å². The van der Waals surface area contributed by atoms with E-state index in [1.165, 1.54) is 0 Å². The van der Waals surface area contributed by atoms with Crippen LogP contribution in [0.5, 0.6) is 0 Å². The minimum Gasteiger partial charge on any atom is -0.382 e. The van der Waals surface area contributed by atoms with Gasteiger partial charge >= 0.3 is 0 Å². The Hall–Kier alpha value is -1.88. The second kappa shape index (κ2) is 9.13. The Kier molecular flexibility index (Phi) is 7.46. The number of ether oxygens (including phenoxy) is 1. The first-order valence-corrected chi connectivity index (χ1v) is 7.31. The lowest BCUT2D eigenvalue weighted by molar-refractivity contribution is -0.118. The molecular weight excluding hydrogens is 268 g/mol. The minimum atomic E-state index is -0.146. The van der Waals surface area contributed by atoms with Gasteiger partial charge in [-0.25, -0.2) is 0 Å². The van der Waals surface area contributed by atoms with E-state index >= 15 is 0 Å². The number of carbonyl (C=O) groups is 2. The Balaban J connectivity index is 2.51. The van der Waals surface area contributed by atoms with Gasteiger partial charge in [0.15, 0.2) is 0 Å². The highest BCUT2D eigenvalue weighted by molar-refractivity contribution is 5.97. The molecule has 1 aromatic rings. The lowest BCUT2D eigenvalue weighted by Crippen LogP contribution is -2.25. The highest BCUT2D eigenvalue weighted by atomic mass is 16.5. The summed E-state index contributed by atoms with van der Waals surface area (Å²) in [5.74, 6) is -0.308. The van der Waals surface area contributed by atoms with Crippen molar-refractivity contribution in [2.24, 2.45) is 5.92 Å². The summed E-state index contributed by atoms with van der Waals surface area (Å²) in [6.45, 7) is 7.48. The number of carbonyl (C=O) groups excluding carboxylic acids is 2. The molecule has 0 aliphatic carbocycles. The molecule has 5 heteroatoms. The molecule has 0 unspecified atom stereocenters. The van der Waals surface area contributed by atoms with Gasteiger partial charge in [0.1, 0.15) is 0 Å². The van der Waals surface area contributed by atoms with Crippen molar-refractivity contribution in [3.05, 3.63) is 29.8 Å². The molecule has 5 nitrogen and oxygen atoms in total. The summed E-state index contributed by atoms with van der Waals surface area (Å²) >= 11 is 0. The van der Waals surface area contributed by atoms with E-state index in [1.807, 2.05) is 20.8 Å². The van der Waals surface area contributed by atoms with Gasteiger partial charge in [-0.15, -0.1) is 0 Å². The molecule has 0 aliphatic heterocycles. The maximum absolute atomic E-state index is 12.0. The van der Waals surface area contributed by atoms with E-state index in [0.717, 1.165) is 6.42 Å². The van der Waals surface area contributed by atoms with Crippen LogP contribution in [0.25, 0.3) is 0 Å². The van der Waals surface area contributed by atoms with Crippen LogP contribution < -0.4 is 10.6 Å². The summed E-state index contributed by atoms with van der Waals surface area (Å²) in [6, 6.07) is 6.93. The van der Waals surface area contributed by atoms with Crippen LogP contribution in [-0.4, -0.2) is 31.6 Å². The number of rotatable bonds is 8. The van der Waals surface area contributed by atoms with Gasteiger partial charge in [0.05, 0.1) is 0 Å². The van der Waals surface area contributed by atoms with Crippen molar-refractivity contribution in [2.75, 3.05) is 25.1 Å². The van der Waals surface area contributed by atoms with Gasteiger partial charge in [0.2, 0.25) is 5.91 Å². The second-order valence-corrected chi connectivity index (χ2v) is 5.03. The standard InChI is InChI=1S/C16H24N2O3/c1-4-21-10-6-9-17-16(20)13-7-5-8-14(11-13)18-15(19)12(2)3/h5,7-8,11-12H,4,6,9-10H2,1-3H3,(H,17,20)(H,18,19). The van der Waals surface area contributed by atoms with Gasteiger partial charge in [-0.2, -0.15) is 0 Å². The monoisotopic (exact) mass is 292 g/mol. The maximum atomic E-state index is 12.0. The van der Waals surface area contributed by atoms with Crippen LogP contribution in [0.3, 0.4) is 0 Å². The molecule has 21 heavy (non-hydrogen) atoms. The summed E-state index contributed by atoms with van der Waals surface area (Å²) in [6.07, 6.45) is 0.781. The van der Waals surface area contributed by atoms with Crippen LogP contribution in [0.15, 0.2) is 24.3 Å². The summed E-state index contributed by atoms with van der Waals surface area (Å²) in [7, 11) is 0. The van der Waals surface area contributed by atoms with Gasteiger partial charge in [-0.05, 0) is 31.5 Å². The lowest BCUT2D eigenvalue weighted by atomic mass is 10.1. The first kappa shape index (κ1) is 17.2. The molecule has 0 spiro atoms. The molecular formula is C16H24N2O3. The lowest BCUT2D eigenvalue weighted by Gasteiger charge is -2.10. The molecule has 0 aliphatic rings. The molecule has 0 fully saturated rings. The Morgan fingerprint density at radius 3 is 2.71 bits per heavy atom. The highest BCUT2D eigenvalue weighted by Crippen LogP contribution is 2.12. The first-order valence-electron chi connectivity index (χ1n) is 7.31. The number of anilines is 1. The van der Waals surface area contributed by atoms with Gasteiger partial charge in [-0.1, -0.05) is 19.9 Å². The molecule has 0 atom stereocenters. The molecule has 1 rings (SSSR count). The largest absolute Gasteiger partial charge is 0.382 e. The zero-order valence-corrected chi connectivity index (χ0v) is 12.9. The molecule has 0 radical (unpaired) electrons. The van der Waals surface area contributed by atoms with Crippen LogP contribution in [0.1, 0.15) is 37.6 Å². The van der Waals surface area contributed by atoms with Crippen LogP contribution in [-0.2, 0) is 9.53 Å². The van der Waals surface area contributed by atoms with E-state index < -0.39 is 0 Å². The minimum absolute atomic E-state index is 0.0655. The molecule has 2 amide bonds. The van der Waals surface area contributed by atoms with Gasteiger partial charge in [0, 0.05) is 36.9 Å². The Morgan fingerprint density at radius 2 is 2.05 bits per heavy atom. The average Bonchev–Trinajstić information content (AvgIpc) is 2.47. The predicted molar refractivity (Wildman–Crippen MR) is 83.4 cm³/mol. The third-order valence-corrected chi connectivity index (χ3v) is 2.87. The van der Waals surface area contributed by atoms with Gasteiger partial charge < -0.3 is 15.4 Å². The van der Waals surface area contributed by atoms with Crippen LogP contribution in [0, 0.1) is 5.92 Å². The van der Waals surface area contributed by atoms with Crippen LogP contribution in [0.2, 0.25) is 0 Å². The van der Waals surface area contributed by atoms with Crippen molar-refractivity contribution in [1.29, 1.82) is 0 Å². The Morgan fingerprint density at radius 1 is 1.29 bits per heavy atom. The Bertz CT molecular complexity index is 472. The zero-order valence-electron chi connectivity index (χ0n) is 12.9. The van der Waals surface area contributed by atoms with E-state index in [1.54, 1.807) is 24.3 Å². The molecule has 0 saturated carbocycles. The summed E-state index contributed by atoms with van der Waals surface area (Å²) in [5.41, 5.74) is 1.17. The number of hydrogen-bond acceptors (Lipinski definition) is 3. The maximum Gasteiger partial charge on any atom is 0.251 e. The number of hydrogen-bond donors (Lipinski definition) is 2. The SMILES string of the molecule is CCOCCCNC(=O)c1cccc(NC(=O)C(C)C)c1. The number of nitrogens with one attached hydrogen (secondary N) is 2.